The van der Waals surface area contributed by atoms with Crippen LogP contribution in [0.1, 0.15) is 37.1 Å². The van der Waals surface area contributed by atoms with Crippen molar-refractivity contribution in [2.75, 3.05) is 13.2 Å². The highest BCUT2D eigenvalue weighted by atomic mass is 16.5. The molecule has 1 aliphatic heterocycles. The predicted molar refractivity (Wildman–Crippen MR) is 109 cm³/mol. The molecule has 0 saturated carbocycles. The van der Waals surface area contributed by atoms with E-state index in [0.717, 1.165) is 47.5 Å². The fourth-order valence-electron chi connectivity index (χ4n) is 3.58. The van der Waals surface area contributed by atoms with Crippen LogP contribution in [0.15, 0.2) is 36.7 Å². The van der Waals surface area contributed by atoms with E-state index in [1.807, 2.05) is 57.4 Å². The van der Waals surface area contributed by atoms with E-state index >= 15 is 0 Å². The molecule has 29 heavy (non-hydrogen) atoms. The monoisotopic (exact) mass is 394 g/mol. The van der Waals surface area contributed by atoms with Gasteiger partial charge in [-0.2, -0.15) is 5.10 Å². The molecule has 0 unspecified atom stereocenters. The van der Waals surface area contributed by atoms with Crippen molar-refractivity contribution in [2.24, 2.45) is 0 Å². The van der Waals surface area contributed by atoms with Crippen LogP contribution in [0.25, 0.3) is 5.65 Å². The summed E-state index contributed by atoms with van der Waals surface area (Å²) in [5.74, 6) is 1.23. The molecule has 7 heteroatoms. The van der Waals surface area contributed by atoms with Gasteiger partial charge in [0, 0.05) is 37.0 Å². The Balaban J connectivity index is 1.22. The molecule has 3 heterocycles. The minimum absolute atomic E-state index is 0.0275. The van der Waals surface area contributed by atoms with E-state index in [1.165, 1.54) is 0 Å². The Labute approximate surface area is 170 Å². The first-order valence-electron chi connectivity index (χ1n) is 9.91. The highest BCUT2D eigenvalue weighted by molar-refractivity contribution is 5.77. The summed E-state index contributed by atoms with van der Waals surface area (Å²) in [6.07, 6.45) is 6.32. The average molecular weight is 394 g/mol. The second-order valence-electron chi connectivity index (χ2n) is 8.08. The Bertz CT molecular complexity index is 1040. The van der Waals surface area contributed by atoms with E-state index in [9.17, 15) is 4.79 Å². The van der Waals surface area contributed by atoms with Crippen molar-refractivity contribution >= 4 is 11.6 Å². The van der Waals surface area contributed by atoms with Gasteiger partial charge in [-0.15, -0.1) is 0 Å². The number of carbonyl (C=O) groups excluding carboxylic acids is 1. The van der Waals surface area contributed by atoms with Gasteiger partial charge in [-0.1, -0.05) is 12.1 Å². The number of amides is 1. The number of aromatic nitrogens is 3. The van der Waals surface area contributed by atoms with Crippen LogP contribution >= 0.6 is 0 Å². The molecule has 4 rings (SSSR count). The number of carbonyl (C=O) groups is 1. The highest BCUT2D eigenvalue weighted by Gasteiger charge is 2.32. The van der Waals surface area contributed by atoms with E-state index in [0.29, 0.717) is 12.3 Å². The van der Waals surface area contributed by atoms with Gasteiger partial charge < -0.3 is 14.8 Å². The van der Waals surface area contributed by atoms with Gasteiger partial charge in [0.1, 0.15) is 5.60 Å². The van der Waals surface area contributed by atoms with Crippen LogP contribution < -0.4 is 14.8 Å². The number of ether oxygens (including phenoxy) is 2. The molecular weight excluding hydrogens is 368 g/mol. The summed E-state index contributed by atoms with van der Waals surface area (Å²) >= 11 is 0. The lowest BCUT2D eigenvalue weighted by molar-refractivity contribution is -0.123. The van der Waals surface area contributed by atoms with Gasteiger partial charge in [-0.3, -0.25) is 4.79 Å². The summed E-state index contributed by atoms with van der Waals surface area (Å²) in [6, 6.07) is 7.75. The SMILES string of the molecule is Cc1cc2ncc(CCCNC(=O)COc3cccc4c3OC(C)(C)C4)cn2n1. The van der Waals surface area contributed by atoms with Crippen LogP contribution in [-0.2, 0) is 17.6 Å². The van der Waals surface area contributed by atoms with Gasteiger partial charge in [0.05, 0.1) is 5.69 Å². The van der Waals surface area contributed by atoms with E-state index in [4.69, 9.17) is 9.47 Å². The third-order valence-corrected chi connectivity index (χ3v) is 4.87. The van der Waals surface area contributed by atoms with Gasteiger partial charge in [-0.25, -0.2) is 9.50 Å². The van der Waals surface area contributed by atoms with Crippen molar-refractivity contribution in [1.82, 2.24) is 19.9 Å². The van der Waals surface area contributed by atoms with Crippen molar-refractivity contribution < 1.29 is 14.3 Å². The lowest BCUT2D eigenvalue weighted by atomic mass is 10.0. The zero-order valence-electron chi connectivity index (χ0n) is 17.1. The maximum Gasteiger partial charge on any atom is 0.257 e. The van der Waals surface area contributed by atoms with Crippen LogP contribution in [0.4, 0.5) is 0 Å². The molecule has 152 valence electrons. The fraction of sp³-hybridized carbons (Fsp3) is 0.409. The minimum Gasteiger partial charge on any atom is -0.483 e. The number of aryl methyl sites for hydroxylation is 2. The lowest BCUT2D eigenvalue weighted by Crippen LogP contribution is -2.30. The number of nitrogens with zero attached hydrogens (tertiary/aromatic N) is 3. The number of hydrogen-bond acceptors (Lipinski definition) is 5. The topological polar surface area (TPSA) is 77.8 Å². The number of fused-ring (bicyclic) bond motifs is 2. The largest absolute Gasteiger partial charge is 0.483 e. The normalized spacial score (nSPS) is 14.4. The van der Waals surface area contributed by atoms with E-state index in [2.05, 4.69) is 15.4 Å². The Morgan fingerprint density at radius 1 is 1.38 bits per heavy atom. The molecule has 0 spiro atoms. The van der Waals surface area contributed by atoms with E-state index in [-0.39, 0.29) is 18.1 Å². The van der Waals surface area contributed by atoms with Crippen molar-refractivity contribution in [3.63, 3.8) is 0 Å². The molecule has 0 aliphatic carbocycles. The first-order valence-corrected chi connectivity index (χ1v) is 9.91. The summed E-state index contributed by atoms with van der Waals surface area (Å²) in [5, 5.41) is 7.28. The second kappa shape index (κ2) is 7.73. The van der Waals surface area contributed by atoms with E-state index in [1.54, 1.807) is 4.52 Å². The molecule has 1 amide bonds. The quantitative estimate of drug-likeness (QED) is 0.624. The number of nitrogens with one attached hydrogen (secondary N) is 1. The zero-order valence-corrected chi connectivity index (χ0v) is 17.1. The first kappa shape index (κ1) is 19.2. The van der Waals surface area contributed by atoms with Crippen molar-refractivity contribution in [3.05, 3.63) is 53.5 Å². The molecule has 2 aromatic heterocycles. The van der Waals surface area contributed by atoms with E-state index < -0.39 is 0 Å². The van der Waals surface area contributed by atoms with Gasteiger partial charge in [-0.05, 0) is 45.2 Å². The molecular formula is C22H26N4O3. The highest BCUT2D eigenvalue weighted by Crippen LogP contribution is 2.41. The predicted octanol–water partition coefficient (Wildman–Crippen LogP) is 2.88. The van der Waals surface area contributed by atoms with Gasteiger partial charge in [0.15, 0.2) is 23.8 Å². The minimum atomic E-state index is -0.239. The average Bonchev–Trinajstić information content (AvgIpc) is 3.20. The Hall–Kier alpha value is -3.09. The van der Waals surface area contributed by atoms with Gasteiger partial charge in [0.25, 0.3) is 5.91 Å². The van der Waals surface area contributed by atoms with Crippen LogP contribution in [0, 0.1) is 6.92 Å². The lowest BCUT2D eigenvalue weighted by Gasteiger charge is -2.18. The third-order valence-electron chi connectivity index (χ3n) is 4.87. The smallest absolute Gasteiger partial charge is 0.257 e. The second-order valence-corrected chi connectivity index (χ2v) is 8.08. The van der Waals surface area contributed by atoms with Crippen LogP contribution in [0.2, 0.25) is 0 Å². The molecule has 0 saturated heterocycles. The Kier molecular flexibility index (Phi) is 5.13. The Morgan fingerprint density at radius 2 is 2.24 bits per heavy atom. The summed E-state index contributed by atoms with van der Waals surface area (Å²) in [7, 11) is 0. The fourth-order valence-corrected chi connectivity index (χ4v) is 3.58. The Morgan fingerprint density at radius 3 is 3.10 bits per heavy atom. The van der Waals surface area contributed by atoms with Crippen LogP contribution in [0.5, 0.6) is 11.5 Å². The maximum absolute atomic E-state index is 12.1. The molecule has 0 atom stereocenters. The molecule has 0 fully saturated rings. The van der Waals surface area contributed by atoms with Crippen molar-refractivity contribution in [1.29, 1.82) is 0 Å². The number of rotatable bonds is 7. The summed E-state index contributed by atoms with van der Waals surface area (Å²) in [6.45, 7) is 6.59. The van der Waals surface area contributed by atoms with Crippen LogP contribution in [0.3, 0.4) is 0 Å². The summed E-state index contributed by atoms with van der Waals surface area (Å²) in [4.78, 5) is 16.5. The van der Waals surface area contributed by atoms with Crippen molar-refractivity contribution in [3.8, 4) is 11.5 Å². The number of hydrogen-bond donors (Lipinski definition) is 1. The number of benzene rings is 1. The van der Waals surface area contributed by atoms with Gasteiger partial charge >= 0.3 is 0 Å². The van der Waals surface area contributed by atoms with Crippen molar-refractivity contribution in [2.45, 2.75) is 45.6 Å². The molecule has 7 nitrogen and oxygen atoms in total. The third kappa shape index (κ3) is 4.50. The molecule has 0 bridgehead atoms. The summed E-state index contributed by atoms with van der Waals surface area (Å²) < 4.78 is 13.5. The first-order chi connectivity index (χ1) is 13.9. The zero-order chi connectivity index (χ0) is 20.4. The molecule has 1 aromatic carbocycles. The number of para-hydroxylation sites is 1. The van der Waals surface area contributed by atoms with Crippen LogP contribution in [-0.4, -0.2) is 39.3 Å². The molecule has 1 aliphatic rings. The molecule has 3 aromatic rings. The maximum atomic E-state index is 12.1. The molecule has 0 radical (unpaired) electrons. The van der Waals surface area contributed by atoms with Gasteiger partial charge in [0.2, 0.25) is 0 Å². The molecule has 1 N–H and O–H groups in total. The summed E-state index contributed by atoms with van der Waals surface area (Å²) in [5.41, 5.74) is 3.75. The standard InChI is InChI=1S/C22H26N4O3/c1-15-10-19-24-12-16(13-26(19)25-15)6-5-9-23-20(27)14-28-18-8-4-7-17-11-22(2,3)29-21(17)18/h4,7-8,10,12-13H,5-6,9,11,14H2,1-3H3,(H,23,27).